The van der Waals surface area contributed by atoms with Crippen LogP contribution < -0.4 is 10.5 Å². The maximum absolute atomic E-state index is 6.36. The molecule has 2 aromatic rings. The van der Waals surface area contributed by atoms with E-state index < -0.39 is 0 Å². The Morgan fingerprint density at radius 2 is 1.95 bits per heavy atom. The van der Waals surface area contributed by atoms with E-state index in [-0.39, 0.29) is 6.04 Å². The first-order valence-corrected chi connectivity index (χ1v) is 7.09. The molecule has 1 atom stereocenters. The highest BCUT2D eigenvalue weighted by Gasteiger charge is 2.13. The highest BCUT2D eigenvalue weighted by atomic mass is 35.5. The lowest BCUT2D eigenvalue weighted by Crippen LogP contribution is -2.18. The van der Waals surface area contributed by atoms with Crippen molar-refractivity contribution in [2.75, 3.05) is 6.61 Å². The van der Waals surface area contributed by atoms with Crippen LogP contribution in [0, 0.1) is 0 Å². The van der Waals surface area contributed by atoms with Crippen LogP contribution in [-0.4, -0.2) is 12.6 Å². The van der Waals surface area contributed by atoms with Crippen molar-refractivity contribution in [2.45, 2.75) is 32.7 Å². The first kappa shape index (κ1) is 14.2. The average Bonchev–Trinajstić information content (AvgIpc) is 2.38. The molecule has 2 aromatic carbocycles. The summed E-state index contributed by atoms with van der Waals surface area (Å²) in [5.74, 6) is 0.930. The molecule has 102 valence electrons. The summed E-state index contributed by atoms with van der Waals surface area (Å²) < 4.78 is 5.94. The zero-order valence-electron chi connectivity index (χ0n) is 11.4. The SMILES string of the molecule is CCCOc1c(CC(C)N)cc(Cl)c2ccccc12. The second-order valence-corrected chi connectivity index (χ2v) is 5.33. The van der Waals surface area contributed by atoms with Gasteiger partial charge in [-0.3, -0.25) is 0 Å². The van der Waals surface area contributed by atoms with Gasteiger partial charge in [-0.1, -0.05) is 42.8 Å². The molecular formula is C16H20ClNO. The minimum atomic E-state index is 0.0844. The molecule has 1 unspecified atom stereocenters. The number of halogens is 1. The third-order valence-electron chi connectivity index (χ3n) is 3.01. The molecule has 0 saturated heterocycles. The summed E-state index contributed by atoms with van der Waals surface area (Å²) in [5.41, 5.74) is 7.01. The van der Waals surface area contributed by atoms with E-state index in [4.69, 9.17) is 22.1 Å². The summed E-state index contributed by atoms with van der Waals surface area (Å²) in [4.78, 5) is 0. The van der Waals surface area contributed by atoms with Crippen molar-refractivity contribution in [1.82, 2.24) is 0 Å². The van der Waals surface area contributed by atoms with Crippen LogP contribution in [-0.2, 0) is 6.42 Å². The number of benzene rings is 2. The van der Waals surface area contributed by atoms with E-state index in [1.54, 1.807) is 0 Å². The normalized spacial score (nSPS) is 12.6. The van der Waals surface area contributed by atoms with Crippen molar-refractivity contribution in [3.8, 4) is 5.75 Å². The third-order valence-corrected chi connectivity index (χ3v) is 3.33. The molecule has 0 spiro atoms. The summed E-state index contributed by atoms with van der Waals surface area (Å²) in [6.07, 6.45) is 1.75. The van der Waals surface area contributed by atoms with Crippen LogP contribution in [0.5, 0.6) is 5.75 Å². The molecule has 0 aliphatic heterocycles. The van der Waals surface area contributed by atoms with Crippen molar-refractivity contribution in [3.05, 3.63) is 40.9 Å². The Morgan fingerprint density at radius 1 is 1.26 bits per heavy atom. The Kier molecular flexibility index (Phi) is 4.67. The minimum absolute atomic E-state index is 0.0844. The number of rotatable bonds is 5. The van der Waals surface area contributed by atoms with Crippen LogP contribution in [0.15, 0.2) is 30.3 Å². The molecule has 0 aromatic heterocycles. The second-order valence-electron chi connectivity index (χ2n) is 4.92. The van der Waals surface area contributed by atoms with Gasteiger partial charge in [0.2, 0.25) is 0 Å². The van der Waals surface area contributed by atoms with Crippen molar-refractivity contribution in [3.63, 3.8) is 0 Å². The van der Waals surface area contributed by atoms with E-state index in [1.165, 1.54) is 0 Å². The number of hydrogen-bond acceptors (Lipinski definition) is 2. The summed E-state index contributed by atoms with van der Waals surface area (Å²) >= 11 is 6.36. The van der Waals surface area contributed by atoms with Crippen LogP contribution in [0.2, 0.25) is 5.02 Å². The van der Waals surface area contributed by atoms with Gasteiger partial charge < -0.3 is 10.5 Å². The van der Waals surface area contributed by atoms with Gasteiger partial charge in [-0.15, -0.1) is 0 Å². The molecule has 2 N–H and O–H groups in total. The summed E-state index contributed by atoms with van der Waals surface area (Å²) in [7, 11) is 0. The predicted molar refractivity (Wildman–Crippen MR) is 82.1 cm³/mol. The second kappa shape index (κ2) is 6.27. The summed E-state index contributed by atoms with van der Waals surface area (Å²) in [6, 6.07) is 10.1. The Morgan fingerprint density at radius 3 is 2.58 bits per heavy atom. The lowest BCUT2D eigenvalue weighted by molar-refractivity contribution is 0.317. The molecule has 0 fully saturated rings. The van der Waals surface area contributed by atoms with Crippen molar-refractivity contribution in [2.24, 2.45) is 5.73 Å². The maximum Gasteiger partial charge on any atom is 0.130 e. The number of ether oxygens (including phenoxy) is 1. The molecule has 0 bridgehead atoms. The predicted octanol–water partition coefficient (Wildman–Crippen LogP) is 4.17. The number of hydrogen-bond donors (Lipinski definition) is 1. The topological polar surface area (TPSA) is 35.2 Å². The lowest BCUT2D eigenvalue weighted by Gasteiger charge is -2.16. The molecule has 0 radical (unpaired) electrons. The fraction of sp³-hybridized carbons (Fsp3) is 0.375. The molecular weight excluding hydrogens is 258 g/mol. The molecule has 3 heteroatoms. The summed E-state index contributed by atoms with van der Waals surface area (Å²) in [6.45, 7) is 4.80. The lowest BCUT2D eigenvalue weighted by atomic mass is 10.0. The largest absolute Gasteiger partial charge is 0.493 e. The third kappa shape index (κ3) is 3.20. The van der Waals surface area contributed by atoms with E-state index in [2.05, 4.69) is 13.0 Å². The molecule has 0 heterocycles. The average molecular weight is 278 g/mol. The zero-order valence-corrected chi connectivity index (χ0v) is 12.2. The number of nitrogens with two attached hydrogens (primary N) is 1. The molecule has 0 aliphatic rings. The van der Waals surface area contributed by atoms with Crippen molar-refractivity contribution >= 4 is 22.4 Å². The van der Waals surface area contributed by atoms with Gasteiger partial charge in [-0.2, -0.15) is 0 Å². The molecule has 19 heavy (non-hydrogen) atoms. The Bertz CT molecular complexity index is 566. The van der Waals surface area contributed by atoms with Crippen LogP contribution in [0.4, 0.5) is 0 Å². The Balaban J connectivity index is 2.58. The highest BCUT2D eigenvalue weighted by Crippen LogP contribution is 2.35. The smallest absolute Gasteiger partial charge is 0.130 e. The number of fused-ring (bicyclic) bond motifs is 1. The Hall–Kier alpha value is -1.25. The molecule has 0 amide bonds. The molecule has 2 nitrogen and oxygen atoms in total. The molecule has 2 rings (SSSR count). The van der Waals surface area contributed by atoms with E-state index >= 15 is 0 Å². The van der Waals surface area contributed by atoms with Crippen LogP contribution in [0.3, 0.4) is 0 Å². The van der Waals surface area contributed by atoms with E-state index in [1.807, 2.05) is 31.2 Å². The van der Waals surface area contributed by atoms with Crippen molar-refractivity contribution < 1.29 is 4.74 Å². The van der Waals surface area contributed by atoms with Crippen LogP contribution in [0.1, 0.15) is 25.8 Å². The summed E-state index contributed by atoms with van der Waals surface area (Å²) in [5, 5.41) is 2.86. The van der Waals surface area contributed by atoms with Crippen LogP contribution >= 0.6 is 11.6 Å². The van der Waals surface area contributed by atoms with E-state index in [9.17, 15) is 0 Å². The van der Waals surface area contributed by atoms with E-state index in [0.717, 1.165) is 39.9 Å². The van der Waals surface area contributed by atoms with Gasteiger partial charge in [0.25, 0.3) is 0 Å². The first-order chi connectivity index (χ1) is 9.13. The maximum atomic E-state index is 6.36. The van der Waals surface area contributed by atoms with Gasteiger partial charge in [0.05, 0.1) is 6.61 Å². The van der Waals surface area contributed by atoms with Gasteiger partial charge >= 0.3 is 0 Å². The van der Waals surface area contributed by atoms with Crippen molar-refractivity contribution in [1.29, 1.82) is 0 Å². The van der Waals surface area contributed by atoms with Gasteiger partial charge in [-0.05, 0) is 31.4 Å². The van der Waals surface area contributed by atoms with Gasteiger partial charge in [0.15, 0.2) is 0 Å². The molecule has 0 saturated carbocycles. The van der Waals surface area contributed by atoms with Gasteiger partial charge in [0, 0.05) is 21.8 Å². The minimum Gasteiger partial charge on any atom is -0.493 e. The monoisotopic (exact) mass is 277 g/mol. The highest BCUT2D eigenvalue weighted by molar-refractivity contribution is 6.35. The zero-order chi connectivity index (χ0) is 13.8. The van der Waals surface area contributed by atoms with E-state index in [0.29, 0.717) is 6.61 Å². The Labute approximate surface area is 119 Å². The standard InChI is InChI=1S/C16H20ClNO/c1-3-8-19-16-12(9-11(2)18)10-15(17)13-6-4-5-7-14(13)16/h4-7,10-11H,3,8-9,18H2,1-2H3. The van der Waals surface area contributed by atoms with Crippen LogP contribution in [0.25, 0.3) is 10.8 Å². The quantitative estimate of drug-likeness (QED) is 0.890. The molecule has 0 aliphatic carbocycles. The fourth-order valence-corrected chi connectivity index (χ4v) is 2.53. The first-order valence-electron chi connectivity index (χ1n) is 6.72. The van der Waals surface area contributed by atoms with Gasteiger partial charge in [0.1, 0.15) is 5.75 Å². The fourth-order valence-electron chi connectivity index (χ4n) is 2.23. The van der Waals surface area contributed by atoms with Gasteiger partial charge in [-0.25, -0.2) is 0 Å².